The number of benzene rings is 1. The van der Waals surface area contributed by atoms with Crippen LogP contribution in [0.3, 0.4) is 0 Å². The molecule has 0 saturated heterocycles. The van der Waals surface area contributed by atoms with Gasteiger partial charge in [0, 0.05) is 11.6 Å². The summed E-state index contributed by atoms with van der Waals surface area (Å²) in [6, 6.07) is 7.09. The Kier molecular flexibility index (Phi) is 4.44. The molecular formula is C12H14ClN3O2S. The predicted molar refractivity (Wildman–Crippen MR) is 76.8 cm³/mol. The number of halogens is 1. The first-order valence-corrected chi connectivity index (χ1v) is 7.95. The molecule has 0 atom stereocenters. The Morgan fingerprint density at radius 3 is 2.58 bits per heavy atom. The van der Waals surface area contributed by atoms with Crippen LogP contribution < -0.4 is 4.72 Å². The molecule has 0 radical (unpaired) electrons. The highest BCUT2D eigenvalue weighted by Gasteiger charge is 2.09. The summed E-state index contributed by atoms with van der Waals surface area (Å²) in [7, 11) is -3.32. The molecule has 1 aromatic carbocycles. The van der Waals surface area contributed by atoms with Gasteiger partial charge in [-0.2, -0.15) is 0 Å². The van der Waals surface area contributed by atoms with E-state index in [2.05, 4.69) is 14.7 Å². The third kappa shape index (κ3) is 3.97. The second-order valence-corrected chi connectivity index (χ2v) is 6.23. The van der Waals surface area contributed by atoms with Crippen molar-refractivity contribution < 1.29 is 8.42 Å². The van der Waals surface area contributed by atoms with Gasteiger partial charge in [0.2, 0.25) is 10.0 Å². The molecule has 7 heteroatoms. The van der Waals surface area contributed by atoms with Gasteiger partial charge >= 0.3 is 0 Å². The van der Waals surface area contributed by atoms with Crippen LogP contribution in [0.5, 0.6) is 0 Å². The molecule has 1 aromatic heterocycles. The number of aromatic amines is 1. The number of rotatable bonds is 6. The molecule has 0 spiro atoms. The van der Waals surface area contributed by atoms with Gasteiger partial charge in [0.15, 0.2) is 0 Å². The summed E-state index contributed by atoms with van der Waals surface area (Å²) in [6.07, 6.45) is 3.74. The van der Waals surface area contributed by atoms with Crippen LogP contribution >= 0.6 is 11.6 Å². The summed E-state index contributed by atoms with van der Waals surface area (Å²) in [4.78, 5) is 6.92. The fourth-order valence-electron chi connectivity index (χ4n) is 1.61. The number of hydrogen-bond acceptors (Lipinski definition) is 3. The van der Waals surface area contributed by atoms with E-state index in [1.165, 1.54) is 0 Å². The molecule has 0 aliphatic carbocycles. The number of aromatic nitrogens is 2. The number of sulfonamides is 1. The van der Waals surface area contributed by atoms with Crippen LogP contribution in [0, 0.1) is 0 Å². The number of H-pyrrole nitrogens is 1. The van der Waals surface area contributed by atoms with Crippen molar-refractivity contribution in [3.8, 4) is 11.3 Å². The standard InChI is InChI=1S/C12H14ClN3O2S/c13-6-1-7-19(17,18)16-11-4-2-10(3-5-11)12-8-14-9-15-12/h2-5,8-9,16H,1,6-7H2,(H,14,15). The van der Waals surface area contributed by atoms with Crippen molar-refractivity contribution in [3.63, 3.8) is 0 Å². The van der Waals surface area contributed by atoms with E-state index in [1.54, 1.807) is 24.7 Å². The molecule has 2 N–H and O–H groups in total. The molecule has 0 bridgehead atoms. The fraction of sp³-hybridized carbons (Fsp3) is 0.250. The average molecular weight is 300 g/mol. The molecule has 0 aliphatic rings. The highest BCUT2D eigenvalue weighted by molar-refractivity contribution is 7.92. The molecule has 19 heavy (non-hydrogen) atoms. The third-order valence-corrected chi connectivity index (χ3v) is 4.15. The molecule has 0 fully saturated rings. The second kappa shape index (κ2) is 6.08. The first kappa shape index (κ1) is 13.9. The van der Waals surface area contributed by atoms with Crippen molar-refractivity contribution >= 4 is 27.3 Å². The van der Waals surface area contributed by atoms with E-state index in [4.69, 9.17) is 11.6 Å². The first-order chi connectivity index (χ1) is 9.11. The van der Waals surface area contributed by atoms with Crippen molar-refractivity contribution in [2.45, 2.75) is 6.42 Å². The lowest BCUT2D eigenvalue weighted by Crippen LogP contribution is -2.16. The van der Waals surface area contributed by atoms with Crippen molar-refractivity contribution in [3.05, 3.63) is 36.8 Å². The quantitative estimate of drug-likeness (QED) is 0.805. The minimum atomic E-state index is -3.32. The molecule has 5 nitrogen and oxygen atoms in total. The van der Waals surface area contributed by atoms with E-state index in [0.29, 0.717) is 18.0 Å². The SMILES string of the molecule is O=S(=O)(CCCCl)Nc1ccc(-c2cnc[nH]2)cc1. The minimum Gasteiger partial charge on any atom is -0.345 e. The Labute approximate surface area is 117 Å². The number of alkyl halides is 1. The van der Waals surface area contributed by atoms with Gasteiger partial charge in [-0.3, -0.25) is 4.72 Å². The number of nitrogens with one attached hydrogen (secondary N) is 2. The van der Waals surface area contributed by atoms with Gasteiger partial charge in [-0.05, 0) is 24.1 Å². The van der Waals surface area contributed by atoms with Gasteiger partial charge in [0.25, 0.3) is 0 Å². The highest BCUT2D eigenvalue weighted by Crippen LogP contribution is 2.19. The van der Waals surface area contributed by atoms with Gasteiger partial charge in [0.1, 0.15) is 0 Å². The summed E-state index contributed by atoms with van der Waals surface area (Å²) in [5.41, 5.74) is 2.37. The van der Waals surface area contributed by atoms with Crippen molar-refractivity contribution in [2.75, 3.05) is 16.4 Å². The fourth-order valence-corrected chi connectivity index (χ4v) is 3.02. The maximum absolute atomic E-state index is 11.7. The maximum atomic E-state index is 11.7. The Hall–Kier alpha value is -1.53. The van der Waals surface area contributed by atoms with Crippen LogP contribution in [0.4, 0.5) is 5.69 Å². The number of nitrogens with zero attached hydrogens (tertiary/aromatic N) is 1. The highest BCUT2D eigenvalue weighted by atomic mass is 35.5. The van der Waals surface area contributed by atoms with Crippen molar-refractivity contribution in [1.29, 1.82) is 0 Å². The summed E-state index contributed by atoms with van der Waals surface area (Å²) in [5, 5.41) is 0. The van der Waals surface area contributed by atoms with Gasteiger partial charge in [-0.15, -0.1) is 11.6 Å². The molecule has 2 aromatic rings. The average Bonchev–Trinajstić information content (AvgIpc) is 2.91. The topological polar surface area (TPSA) is 74.8 Å². The van der Waals surface area contributed by atoms with Crippen LogP contribution in [0.2, 0.25) is 0 Å². The molecule has 0 unspecified atom stereocenters. The lowest BCUT2D eigenvalue weighted by molar-refractivity contribution is 0.600. The van der Waals surface area contributed by atoms with Gasteiger partial charge in [-0.25, -0.2) is 13.4 Å². The second-order valence-electron chi connectivity index (χ2n) is 4.01. The van der Waals surface area contributed by atoms with E-state index in [0.717, 1.165) is 11.3 Å². The molecule has 0 amide bonds. The minimum absolute atomic E-state index is 0.0266. The van der Waals surface area contributed by atoms with Crippen LogP contribution in [0.1, 0.15) is 6.42 Å². The number of hydrogen-bond donors (Lipinski definition) is 2. The van der Waals surface area contributed by atoms with E-state index in [-0.39, 0.29) is 5.75 Å². The molecule has 2 rings (SSSR count). The van der Waals surface area contributed by atoms with Gasteiger partial charge in [0.05, 0.1) is 24.0 Å². The summed E-state index contributed by atoms with van der Waals surface area (Å²) >= 11 is 5.49. The van der Waals surface area contributed by atoms with Crippen LogP contribution in [-0.4, -0.2) is 30.0 Å². The van der Waals surface area contributed by atoms with Crippen LogP contribution in [0.25, 0.3) is 11.3 Å². The van der Waals surface area contributed by atoms with E-state index in [9.17, 15) is 8.42 Å². The lowest BCUT2D eigenvalue weighted by Gasteiger charge is -2.07. The molecule has 1 heterocycles. The molecular weight excluding hydrogens is 286 g/mol. The predicted octanol–water partition coefficient (Wildman–Crippen LogP) is 2.45. The van der Waals surface area contributed by atoms with Crippen LogP contribution in [0.15, 0.2) is 36.8 Å². The normalized spacial score (nSPS) is 11.4. The third-order valence-electron chi connectivity index (χ3n) is 2.51. The van der Waals surface area contributed by atoms with E-state index in [1.807, 2.05) is 12.1 Å². The Balaban J connectivity index is 2.07. The van der Waals surface area contributed by atoms with E-state index >= 15 is 0 Å². The summed E-state index contributed by atoms with van der Waals surface area (Å²) in [5.74, 6) is 0.360. The Bertz CT molecular complexity index is 609. The Morgan fingerprint density at radius 2 is 2.00 bits per heavy atom. The van der Waals surface area contributed by atoms with Gasteiger partial charge < -0.3 is 4.98 Å². The van der Waals surface area contributed by atoms with E-state index < -0.39 is 10.0 Å². The smallest absolute Gasteiger partial charge is 0.232 e. The zero-order valence-electron chi connectivity index (χ0n) is 10.1. The maximum Gasteiger partial charge on any atom is 0.232 e. The monoisotopic (exact) mass is 299 g/mol. The zero-order valence-corrected chi connectivity index (χ0v) is 11.7. The molecule has 0 aliphatic heterocycles. The van der Waals surface area contributed by atoms with Crippen molar-refractivity contribution in [1.82, 2.24) is 9.97 Å². The molecule has 0 saturated carbocycles. The Morgan fingerprint density at radius 1 is 1.26 bits per heavy atom. The zero-order chi connectivity index (χ0) is 13.7. The van der Waals surface area contributed by atoms with Crippen molar-refractivity contribution in [2.24, 2.45) is 0 Å². The van der Waals surface area contributed by atoms with Gasteiger partial charge in [-0.1, -0.05) is 12.1 Å². The summed E-state index contributed by atoms with van der Waals surface area (Å²) in [6.45, 7) is 0. The largest absolute Gasteiger partial charge is 0.345 e. The van der Waals surface area contributed by atoms with Crippen LogP contribution in [-0.2, 0) is 10.0 Å². The molecule has 102 valence electrons. The first-order valence-electron chi connectivity index (χ1n) is 5.76. The number of anilines is 1. The number of imidazole rings is 1. The summed E-state index contributed by atoms with van der Waals surface area (Å²) < 4.78 is 25.9. The lowest BCUT2D eigenvalue weighted by atomic mass is 10.1.